The van der Waals surface area contributed by atoms with Crippen molar-refractivity contribution in [1.29, 1.82) is 0 Å². The fraction of sp³-hybridized carbons (Fsp3) is 0.286. The number of carboxylic acids is 1. The second-order valence-electron chi connectivity index (χ2n) is 2.69. The molecule has 2 heterocycles. The number of aromatic carboxylic acids is 1. The van der Waals surface area contributed by atoms with Gasteiger partial charge in [-0.3, -0.25) is 4.40 Å². The first-order chi connectivity index (χ1) is 6.11. The zero-order chi connectivity index (χ0) is 9.59. The monoisotopic (exact) mass is 197 g/mol. The van der Waals surface area contributed by atoms with Gasteiger partial charge in [0.25, 0.3) is 0 Å². The van der Waals surface area contributed by atoms with Crippen molar-refractivity contribution >= 4 is 22.3 Å². The Labute approximate surface area is 77.6 Å². The molecule has 5 nitrogen and oxygen atoms in total. The van der Waals surface area contributed by atoms with Gasteiger partial charge in [0.2, 0.25) is 4.96 Å². The number of carboxylic acid groups (broad SMARTS) is 1. The zero-order valence-corrected chi connectivity index (χ0v) is 7.92. The van der Waals surface area contributed by atoms with Crippen LogP contribution in [0.2, 0.25) is 0 Å². The van der Waals surface area contributed by atoms with Gasteiger partial charge in [-0.25, -0.2) is 4.79 Å². The second-order valence-corrected chi connectivity index (χ2v) is 3.66. The van der Waals surface area contributed by atoms with E-state index >= 15 is 0 Å². The van der Waals surface area contributed by atoms with Gasteiger partial charge < -0.3 is 5.11 Å². The fourth-order valence-electron chi connectivity index (χ4n) is 1.26. The van der Waals surface area contributed by atoms with Crippen molar-refractivity contribution in [3.05, 3.63) is 16.4 Å². The van der Waals surface area contributed by atoms with Crippen molar-refractivity contribution in [2.45, 2.75) is 13.8 Å². The molecule has 0 amide bonds. The predicted molar refractivity (Wildman–Crippen MR) is 47.3 cm³/mol. The van der Waals surface area contributed by atoms with Crippen molar-refractivity contribution < 1.29 is 9.90 Å². The molecule has 0 saturated heterocycles. The Morgan fingerprint density at radius 2 is 2.15 bits per heavy atom. The first-order valence-corrected chi connectivity index (χ1v) is 4.47. The van der Waals surface area contributed by atoms with Gasteiger partial charge in [-0.2, -0.15) is 0 Å². The number of aromatic nitrogens is 3. The molecule has 0 aliphatic rings. The van der Waals surface area contributed by atoms with Gasteiger partial charge in [-0.15, -0.1) is 10.2 Å². The highest BCUT2D eigenvalue weighted by molar-refractivity contribution is 7.18. The molecule has 0 radical (unpaired) electrons. The third kappa shape index (κ3) is 1.02. The van der Waals surface area contributed by atoms with E-state index in [1.54, 1.807) is 18.2 Å². The van der Waals surface area contributed by atoms with Gasteiger partial charge >= 0.3 is 5.97 Å². The summed E-state index contributed by atoms with van der Waals surface area (Å²) in [6.07, 6.45) is 0. The normalized spacial score (nSPS) is 10.9. The highest BCUT2D eigenvalue weighted by Gasteiger charge is 2.16. The van der Waals surface area contributed by atoms with Gasteiger partial charge in [0.05, 0.1) is 0 Å². The Balaban J connectivity index is 2.82. The Hall–Kier alpha value is -1.43. The molecule has 0 bridgehead atoms. The maximum absolute atomic E-state index is 10.7. The highest BCUT2D eigenvalue weighted by atomic mass is 32.1. The van der Waals surface area contributed by atoms with E-state index in [0.717, 1.165) is 17.2 Å². The molecule has 0 fully saturated rings. The average Bonchev–Trinajstić information content (AvgIpc) is 2.55. The lowest BCUT2D eigenvalue weighted by Crippen LogP contribution is -1.97. The van der Waals surface area contributed by atoms with E-state index in [2.05, 4.69) is 10.2 Å². The summed E-state index contributed by atoms with van der Waals surface area (Å²) in [5.74, 6) is -0.191. The van der Waals surface area contributed by atoms with Crippen LogP contribution in [0.15, 0.2) is 0 Å². The second kappa shape index (κ2) is 2.53. The predicted octanol–water partition coefficient (Wildman–Crippen LogP) is 1.11. The highest BCUT2D eigenvalue weighted by Crippen LogP contribution is 2.22. The number of hydrogen-bond donors (Lipinski definition) is 1. The summed E-state index contributed by atoms with van der Waals surface area (Å²) in [7, 11) is 0. The smallest absolute Gasteiger partial charge is 0.347 e. The fourth-order valence-corrected chi connectivity index (χ4v) is 2.21. The zero-order valence-electron chi connectivity index (χ0n) is 7.11. The van der Waals surface area contributed by atoms with Crippen LogP contribution in [0.25, 0.3) is 4.96 Å². The lowest BCUT2D eigenvalue weighted by atomic mass is 10.4. The molecule has 0 aliphatic heterocycles. The van der Waals surface area contributed by atoms with E-state index in [-0.39, 0.29) is 0 Å². The topological polar surface area (TPSA) is 67.5 Å². The molecule has 2 aromatic heterocycles. The van der Waals surface area contributed by atoms with Crippen LogP contribution in [0, 0.1) is 13.8 Å². The molecular formula is C7H7N3O2S. The maximum atomic E-state index is 10.7. The van der Waals surface area contributed by atoms with Crippen LogP contribution in [0.4, 0.5) is 0 Å². The number of hydrogen-bond acceptors (Lipinski definition) is 4. The summed E-state index contributed by atoms with van der Waals surface area (Å²) >= 11 is 1.14. The lowest BCUT2D eigenvalue weighted by molar-refractivity contribution is 0.0701. The molecule has 0 atom stereocenters. The average molecular weight is 197 g/mol. The Morgan fingerprint density at radius 1 is 1.46 bits per heavy atom. The van der Waals surface area contributed by atoms with Crippen LogP contribution in [0.3, 0.4) is 0 Å². The molecule has 0 unspecified atom stereocenters. The van der Waals surface area contributed by atoms with E-state index in [9.17, 15) is 4.79 Å². The number of carbonyl (C=O) groups is 1. The summed E-state index contributed by atoms with van der Waals surface area (Å²) < 4.78 is 1.74. The summed E-state index contributed by atoms with van der Waals surface area (Å²) in [5.41, 5.74) is 0.690. The van der Waals surface area contributed by atoms with Gasteiger partial charge in [0, 0.05) is 5.69 Å². The van der Waals surface area contributed by atoms with E-state index in [1.807, 2.05) is 0 Å². The molecule has 68 valence electrons. The van der Waals surface area contributed by atoms with Gasteiger partial charge in [0.15, 0.2) is 0 Å². The van der Waals surface area contributed by atoms with Crippen LogP contribution in [0.5, 0.6) is 0 Å². The van der Waals surface area contributed by atoms with Gasteiger partial charge in [-0.05, 0) is 13.8 Å². The van der Waals surface area contributed by atoms with E-state index < -0.39 is 5.97 Å². The van der Waals surface area contributed by atoms with Gasteiger partial charge in [-0.1, -0.05) is 11.3 Å². The first kappa shape index (κ1) is 8.18. The molecule has 0 aromatic carbocycles. The van der Waals surface area contributed by atoms with Crippen LogP contribution in [-0.2, 0) is 0 Å². The molecular weight excluding hydrogens is 190 g/mol. The molecule has 2 rings (SSSR count). The standard InChI is InChI=1S/C7H7N3O2S/c1-3-5(6(11)12)13-7-9-8-4(2)10(3)7/h1-2H3,(H,11,12). The van der Waals surface area contributed by atoms with E-state index in [1.165, 1.54) is 0 Å². The van der Waals surface area contributed by atoms with Crippen molar-refractivity contribution in [1.82, 2.24) is 14.6 Å². The lowest BCUT2D eigenvalue weighted by Gasteiger charge is -1.92. The number of aryl methyl sites for hydroxylation is 2. The Kier molecular flexibility index (Phi) is 1.59. The van der Waals surface area contributed by atoms with Crippen LogP contribution in [0.1, 0.15) is 21.2 Å². The van der Waals surface area contributed by atoms with Crippen molar-refractivity contribution in [2.75, 3.05) is 0 Å². The first-order valence-electron chi connectivity index (χ1n) is 3.65. The minimum atomic E-state index is -0.910. The molecule has 0 saturated carbocycles. The van der Waals surface area contributed by atoms with Crippen molar-refractivity contribution in [3.8, 4) is 0 Å². The third-order valence-corrected chi connectivity index (χ3v) is 2.97. The quantitative estimate of drug-likeness (QED) is 0.743. The molecule has 0 spiro atoms. The van der Waals surface area contributed by atoms with Crippen LogP contribution < -0.4 is 0 Å². The summed E-state index contributed by atoms with van der Waals surface area (Å²) in [5, 5.41) is 16.5. The number of rotatable bonds is 1. The molecule has 6 heteroatoms. The van der Waals surface area contributed by atoms with E-state index in [0.29, 0.717) is 15.5 Å². The largest absolute Gasteiger partial charge is 0.477 e. The van der Waals surface area contributed by atoms with Crippen molar-refractivity contribution in [2.24, 2.45) is 0 Å². The van der Waals surface area contributed by atoms with Crippen LogP contribution in [-0.4, -0.2) is 25.7 Å². The Morgan fingerprint density at radius 3 is 2.69 bits per heavy atom. The number of thiazole rings is 1. The van der Waals surface area contributed by atoms with Crippen LogP contribution >= 0.6 is 11.3 Å². The molecule has 13 heavy (non-hydrogen) atoms. The summed E-state index contributed by atoms with van der Waals surface area (Å²) in [6, 6.07) is 0. The Bertz CT molecular complexity index is 485. The minimum Gasteiger partial charge on any atom is -0.477 e. The minimum absolute atomic E-state index is 0.327. The molecule has 1 N–H and O–H groups in total. The molecule has 2 aromatic rings. The summed E-state index contributed by atoms with van der Waals surface area (Å²) in [4.78, 5) is 11.7. The number of fused-ring (bicyclic) bond motifs is 1. The SMILES string of the molecule is Cc1nnc2sc(C(=O)O)c(C)n12. The maximum Gasteiger partial charge on any atom is 0.347 e. The third-order valence-electron chi connectivity index (χ3n) is 1.85. The van der Waals surface area contributed by atoms with Crippen molar-refractivity contribution in [3.63, 3.8) is 0 Å². The van der Waals surface area contributed by atoms with Gasteiger partial charge in [0.1, 0.15) is 10.7 Å². The molecule has 0 aliphatic carbocycles. The summed E-state index contributed by atoms with van der Waals surface area (Å²) in [6.45, 7) is 3.55. The number of nitrogens with zero attached hydrogens (tertiary/aromatic N) is 3. The van der Waals surface area contributed by atoms with E-state index in [4.69, 9.17) is 5.11 Å².